The number of aromatic nitrogens is 1. The van der Waals surface area contributed by atoms with Crippen LogP contribution in [0, 0.1) is 6.92 Å². The van der Waals surface area contributed by atoms with E-state index < -0.39 is 0 Å². The summed E-state index contributed by atoms with van der Waals surface area (Å²) in [7, 11) is 0. The minimum absolute atomic E-state index is 0.0823. The smallest absolute Gasteiger partial charge is 0.251 e. The number of halogens is 1. The molecule has 0 radical (unpaired) electrons. The van der Waals surface area contributed by atoms with E-state index in [1.807, 2.05) is 6.92 Å². The zero-order valence-corrected chi connectivity index (χ0v) is 9.79. The maximum atomic E-state index is 11.9. The van der Waals surface area contributed by atoms with Crippen molar-refractivity contribution in [2.45, 2.75) is 25.8 Å². The average Bonchev–Trinajstić information content (AvgIpc) is 2.68. The molecule has 3 nitrogen and oxygen atoms in total. The van der Waals surface area contributed by atoms with Gasteiger partial charge in [0.15, 0.2) is 0 Å². The lowest BCUT2D eigenvalue weighted by Crippen LogP contribution is -2.32. The SMILES string of the molecule is Cc1cc(C(=O)NC2CC=CC2)cc(Cl)n1. The Morgan fingerprint density at radius 3 is 2.75 bits per heavy atom. The number of carbonyl (C=O) groups is 1. The molecule has 0 aromatic carbocycles. The average molecular weight is 237 g/mol. The Hall–Kier alpha value is -1.35. The lowest BCUT2D eigenvalue weighted by molar-refractivity contribution is 0.0939. The highest BCUT2D eigenvalue weighted by Crippen LogP contribution is 2.13. The van der Waals surface area contributed by atoms with Gasteiger partial charge in [0.25, 0.3) is 5.91 Å². The molecule has 1 aromatic heterocycles. The highest BCUT2D eigenvalue weighted by atomic mass is 35.5. The van der Waals surface area contributed by atoms with Crippen LogP contribution in [0.25, 0.3) is 0 Å². The minimum Gasteiger partial charge on any atom is -0.349 e. The first-order valence-corrected chi connectivity index (χ1v) is 5.63. The van der Waals surface area contributed by atoms with Gasteiger partial charge in [-0.3, -0.25) is 4.79 Å². The molecule has 0 unspecified atom stereocenters. The molecule has 0 bridgehead atoms. The molecule has 1 aliphatic rings. The predicted molar refractivity (Wildman–Crippen MR) is 63.6 cm³/mol. The molecule has 16 heavy (non-hydrogen) atoms. The predicted octanol–water partition coefficient (Wildman–Crippen LogP) is 2.49. The van der Waals surface area contributed by atoms with Crippen LogP contribution in [0.5, 0.6) is 0 Å². The van der Waals surface area contributed by atoms with Crippen molar-refractivity contribution in [3.8, 4) is 0 Å². The summed E-state index contributed by atoms with van der Waals surface area (Å²) >= 11 is 5.81. The molecule has 1 N–H and O–H groups in total. The maximum absolute atomic E-state index is 11.9. The van der Waals surface area contributed by atoms with Crippen molar-refractivity contribution >= 4 is 17.5 Å². The molecule has 1 heterocycles. The van der Waals surface area contributed by atoms with Crippen LogP contribution in [0.2, 0.25) is 5.15 Å². The van der Waals surface area contributed by atoms with Gasteiger partial charge in [0.05, 0.1) is 0 Å². The van der Waals surface area contributed by atoms with Gasteiger partial charge in [-0.15, -0.1) is 0 Å². The quantitative estimate of drug-likeness (QED) is 0.633. The first-order valence-electron chi connectivity index (χ1n) is 5.25. The zero-order valence-electron chi connectivity index (χ0n) is 9.03. The van der Waals surface area contributed by atoms with Crippen LogP contribution in [0.4, 0.5) is 0 Å². The van der Waals surface area contributed by atoms with Crippen molar-refractivity contribution in [1.82, 2.24) is 10.3 Å². The van der Waals surface area contributed by atoms with Gasteiger partial charge in [-0.2, -0.15) is 0 Å². The van der Waals surface area contributed by atoms with E-state index in [-0.39, 0.29) is 11.9 Å². The molecular weight excluding hydrogens is 224 g/mol. The third-order valence-electron chi connectivity index (χ3n) is 2.53. The van der Waals surface area contributed by atoms with Crippen LogP contribution in [0.3, 0.4) is 0 Å². The van der Waals surface area contributed by atoms with Gasteiger partial charge in [0, 0.05) is 17.3 Å². The van der Waals surface area contributed by atoms with Crippen LogP contribution in [0.1, 0.15) is 28.9 Å². The Kier molecular flexibility index (Phi) is 3.25. The van der Waals surface area contributed by atoms with Gasteiger partial charge in [0.2, 0.25) is 0 Å². The summed E-state index contributed by atoms with van der Waals surface area (Å²) in [6.45, 7) is 1.82. The van der Waals surface area contributed by atoms with Gasteiger partial charge in [-0.25, -0.2) is 4.98 Å². The molecule has 0 saturated carbocycles. The molecule has 1 aromatic rings. The largest absolute Gasteiger partial charge is 0.349 e. The molecule has 84 valence electrons. The highest BCUT2D eigenvalue weighted by molar-refractivity contribution is 6.29. The number of hydrogen-bond donors (Lipinski definition) is 1. The summed E-state index contributed by atoms with van der Waals surface area (Å²) < 4.78 is 0. The lowest BCUT2D eigenvalue weighted by Gasteiger charge is -2.12. The number of pyridine rings is 1. The first kappa shape index (κ1) is 11.1. The van der Waals surface area contributed by atoms with E-state index in [4.69, 9.17) is 11.6 Å². The second-order valence-corrected chi connectivity index (χ2v) is 4.32. The Bertz CT molecular complexity index is 414. The van der Waals surface area contributed by atoms with E-state index in [0.29, 0.717) is 10.7 Å². The number of nitrogens with one attached hydrogen (secondary N) is 1. The summed E-state index contributed by atoms with van der Waals surface area (Å²) in [6, 6.07) is 3.55. The molecule has 0 fully saturated rings. The van der Waals surface area contributed by atoms with Crippen molar-refractivity contribution in [3.63, 3.8) is 0 Å². The molecule has 0 spiro atoms. The van der Waals surface area contributed by atoms with Gasteiger partial charge < -0.3 is 5.32 Å². The van der Waals surface area contributed by atoms with Crippen LogP contribution < -0.4 is 5.32 Å². The topological polar surface area (TPSA) is 42.0 Å². The first-order chi connectivity index (χ1) is 7.65. The second-order valence-electron chi connectivity index (χ2n) is 3.93. The van der Waals surface area contributed by atoms with Crippen molar-refractivity contribution in [2.24, 2.45) is 0 Å². The fourth-order valence-corrected chi connectivity index (χ4v) is 2.01. The highest BCUT2D eigenvalue weighted by Gasteiger charge is 2.15. The van der Waals surface area contributed by atoms with E-state index in [9.17, 15) is 4.79 Å². The van der Waals surface area contributed by atoms with Crippen LogP contribution in [-0.4, -0.2) is 16.9 Å². The standard InChI is InChI=1S/C12H13ClN2O/c1-8-6-9(7-11(13)14-8)12(16)15-10-4-2-3-5-10/h2-3,6-7,10H,4-5H2,1H3,(H,15,16). The summed E-state index contributed by atoms with van der Waals surface area (Å²) in [5.74, 6) is -0.0823. The number of carbonyl (C=O) groups excluding carboxylic acids is 1. The molecule has 0 atom stereocenters. The summed E-state index contributed by atoms with van der Waals surface area (Å²) in [6.07, 6.45) is 5.97. The van der Waals surface area contributed by atoms with E-state index in [0.717, 1.165) is 18.5 Å². The summed E-state index contributed by atoms with van der Waals surface area (Å²) in [5, 5.41) is 3.32. The fourth-order valence-electron chi connectivity index (χ4n) is 1.76. The Balaban J connectivity index is 2.08. The number of rotatable bonds is 2. The molecular formula is C12H13ClN2O. The van der Waals surface area contributed by atoms with E-state index in [1.165, 1.54) is 0 Å². The van der Waals surface area contributed by atoms with E-state index in [1.54, 1.807) is 12.1 Å². The number of hydrogen-bond acceptors (Lipinski definition) is 2. The van der Waals surface area contributed by atoms with Crippen molar-refractivity contribution < 1.29 is 4.79 Å². The maximum Gasteiger partial charge on any atom is 0.251 e. The van der Waals surface area contributed by atoms with Crippen LogP contribution in [0.15, 0.2) is 24.3 Å². The molecule has 4 heteroatoms. The Morgan fingerprint density at radius 1 is 1.44 bits per heavy atom. The third-order valence-corrected chi connectivity index (χ3v) is 2.72. The summed E-state index contributed by atoms with van der Waals surface area (Å²) in [4.78, 5) is 15.9. The third kappa shape index (κ3) is 2.61. The molecule has 0 saturated heterocycles. The number of nitrogens with zero attached hydrogens (tertiary/aromatic N) is 1. The van der Waals surface area contributed by atoms with Crippen molar-refractivity contribution in [1.29, 1.82) is 0 Å². The van der Waals surface area contributed by atoms with Gasteiger partial charge in [-0.1, -0.05) is 23.8 Å². The Labute approximate surface area is 99.5 Å². The number of aryl methyl sites for hydroxylation is 1. The van der Waals surface area contributed by atoms with Crippen molar-refractivity contribution in [3.05, 3.63) is 40.7 Å². The van der Waals surface area contributed by atoms with Crippen molar-refractivity contribution in [2.75, 3.05) is 0 Å². The van der Waals surface area contributed by atoms with Crippen LogP contribution in [-0.2, 0) is 0 Å². The zero-order chi connectivity index (χ0) is 11.5. The van der Waals surface area contributed by atoms with Crippen LogP contribution >= 0.6 is 11.6 Å². The van der Waals surface area contributed by atoms with E-state index >= 15 is 0 Å². The molecule has 1 amide bonds. The molecule has 2 rings (SSSR count). The monoisotopic (exact) mass is 236 g/mol. The summed E-state index contributed by atoms with van der Waals surface area (Å²) in [5.41, 5.74) is 1.33. The van der Waals surface area contributed by atoms with Gasteiger partial charge in [-0.05, 0) is 31.9 Å². The molecule has 1 aliphatic carbocycles. The lowest BCUT2D eigenvalue weighted by atomic mass is 10.2. The molecule has 0 aliphatic heterocycles. The Morgan fingerprint density at radius 2 is 2.12 bits per heavy atom. The minimum atomic E-state index is -0.0823. The number of amides is 1. The van der Waals surface area contributed by atoms with Gasteiger partial charge >= 0.3 is 0 Å². The second kappa shape index (κ2) is 4.66. The van der Waals surface area contributed by atoms with Gasteiger partial charge in [0.1, 0.15) is 5.15 Å². The van der Waals surface area contributed by atoms with E-state index in [2.05, 4.69) is 22.5 Å². The normalized spacial score (nSPS) is 15.4. The fraction of sp³-hybridized carbons (Fsp3) is 0.333.